The minimum Gasteiger partial charge on any atom is -0.464 e. The van der Waals surface area contributed by atoms with Crippen LogP contribution in [0.3, 0.4) is 0 Å². The highest BCUT2D eigenvalue weighted by Gasteiger charge is 2.33. The normalized spacial score (nSPS) is 11.7. The lowest BCUT2D eigenvalue weighted by Crippen LogP contribution is -2.44. The number of rotatable bonds is 4. The number of hydrogen-bond donors (Lipinski definition) is 0. The molecular weight excluding hydrogens is 322 g/mol. The van der Waals surface area contributed by atoms with Crippen LogP contribution in [-0.2, 0) is 15.1 Å². The van der Waals surface area contributed by atoms with Crippen molar-refractivity contribution in [2.45, 2.75) is 33.2 Å². The molecule has 8 nitrogen and oxygen atoms in total. The van der Waals surface area contributed by atoms with E-state index in [1.165, 1.54) is 15.6 Å². The molecule has 0 N–H and O–H groups in total. The second-order valence-electron chi connectivity index (χ2n) is 6.21. The van der Waals surface area contributed by atoms with Crippen molar-refractivity contribution < 1.29 is 9.53 Å². The fourth-order valence-electron chi connectivity index (χ4n) is 2.55. The van der Waals surface area contributed by atoms with Crippen LogP contribution in [0.1, 0.15) is 26.3 Å². The Kier molecular flexibility index (Phi) is 4.12. The lowest BCUT2D eigenvalue weighted by Gasteiger charge is -2.24. The largest absolute Gasteiger partial charge is 0.464 e. The number of hydrogen-bond acceptors (Lipinski definition) is 6. The predicted octanol–water partition coefficient (Wildman–Crippen LogP) is 1.58. The molecule has 2 aromatic heterocycles. The van der Waals surface area contributed by atoms with Gasteiger partial charge in [0.25, 0.3) is 5.56 Å². The molecule has 0 atom stereocenters. The molecule has 8 heteroatoms. The lowest BCUT2D eigenvalue weighted by molar-refractivity contribution is -0.152. The summed E-state index contributed by atoms with van der Waals surface area (Å²) in [5, 5.41) is 8.02. The van der Waals surface area contributed by atoms with E-state index in [1.807, 2.05) is 31.2 Å². The number of nitrogens with zero attached hydrogens (tertiary/aromatic N) is 5. The highest BCUT2D eigenvalue weighted by molar-refractivity contribution is 5.78. The number of aryl methyl sites for hydroxylation is 1. The van der Waals surface area contributed by atoms with Gasteiger partial charge in [0.1, 0.15) is 11.9 Å². The van der Waals surface area contributed by atoms with E-state index in [0.29, 0.717) is 5.65 Å². The second-order valence-corrected chi connectivity index (χ2v) is 6.21. The molecule has 0 fully saturated rings. The second kappa shape index (κ2) is 6.12. The van der Waals surface area contributed by atoms with Crippen LogP contribution in [0.2, 0.25) is 0 Å². The highest BCUT2D eigenvalue weighted by atomic mass is 16.5. The Hall–Kier alpha value is -3.03. The average molecular weight is 341 g/mol. The number of esters is 1. The lowest BCUT2D eigenvalue weighted by atomic mass is 10.1. The van der Waals surface area contributed by atoms with Gasteiger partial charge >= 0.3 is 5.97 Å². The number of ether oxygens (including phenoxy) is 1. The van der Waals surface area contributed by atoms with Crippen molar-refractivity contribution in [2.75, 3.05) is 6.61 Å². The zero-order valence-electron chi connectivity index (χ0n) is 14.6. The summed E-state index contributed by atoms with van der Waals surface area (Å²) < 4.78 is 7.78. The molecule has 3 rings (SSSR count). The minimum absolute atomic E-state index is 0.0985. The molecule has 0 saturated heterocycles. The maximum absolute atomic E-state index is 12.8. The van der Waals surface area contributed by atoms with Crippen molar-refractivity contribution in [2.24, 2.45) is 0 Å². The van der Waals surface area contributed by atoms with E-state index in [4.69, 9.17) is 4.74 Å². The molecule has 3 aromatic rings. The Labute approximate surface area is 144 Å². The van der Waals surface area contributed by atoms with Gasteiger partial charge in [0, 0.05) is 0 Å². The van der Waals surface area contributed by atoms with Crippen LogP contribution in [-0.4, -0.2) is 37.1 Å². The standard InChI is InChI=1S/C17H19N5O3/c1-5-25-16(24)17(3,4)21-10-18-14-13(15(21)23)19-20-22(14)12-8-6-7-11(2)9-12/h6-10H,5H2,1-4H3. The molecule has 2 heterocycles. The summed E-state index contributed by atoms with van der Waals surface area (Å²) in [4.78, 5) is 29.3. The summed E-state index contributed by atoms with van der Waals surface area (Å²) in [6.45, 7) is 7.11. The van der Waals surface area contributed by atoms with Crippen LogP contribution in [0.25, 0.3) is 16.9 Å². The molecule has 0 radical (unpaired) electrons. The Morgan fingerprint density at radius 2 is 2.08 bits per heavy atom. The van der Waals surface area contributed by atoms with Crippen LogP contribution in [0.5, 0.6) is 0 Å². The van der Waals surface area contributed by atoms with Gasteiger partial charge < -0.3 is 4.74 Å². The van der Waals surface area contributed by atoms with Gasteiger partial charge in [-0.15, -0.1) is 5.10 Å². The molecule has 0 aliphatic heterocycles. The molecule has 0 unspecified atom stereocenters. The van der Waals surface area contributed by atoms with Crippen molar-refractivity contribution in [3.05, 3.63) is 46.5 Å². The Bertz CT molecular complexity index is 1000. The molecule has 130 valence electrons. The Morgan fingerprint density at radius 1 is 1.32 bits per heavy atom. The minimum atomic E-state index is -1.19. The first-order chi connectivity index (χ1) is 11.9. The number of aromatic nitrogens is 5. The fourth-order valence-corrected chi connectivity index (χ4v) is 2.55. The molecule has 0 bridgehead atoms. The summed E-state index contributed by atoms with van der Waals surface area (Å²) in [7, 11) is 0. The van der Waals surface area contributed by atoms with Crippen molar-refractivity contribution in [3.8, 4) is 5.69 Å². The van der Waals surface area contributed by atoms with Crippen LogP contribution in [0, 0.1) is 6.92 Å². The first-order valence-corrected chi connectivity index (χ1v) is 7.94. The van der Waals surface area contributed by atoms with E-state index in [1.54, 1.807) is 20.8 Å². The van der Waals surface area contributed by atoms with Crippen molar-refractivity contribution >= 4 is 17.1 Å². The highest BCUT2D eigenvalue weighted by Crippen LogP contribution is 2.17. The number of benzene rings is 1. The van der Waals surface area contributed by atoms with E-state index in [9.17, 15) is 9.59 Å². The first kappa shape index (κ1) is 16.8. The topological polar surface area (TPSA) is 91.9 Å². The molecule has 0 spiro atoms. The average Bonchev–Trinajstić information content (AvgIpc) is 3.00. The van der Waals surface area contributed by atoms with E-state index in [-0.39, 0.29) is 12.1 Å². The number of fused-ring (bicyclic) bond motifs is 1. The third-order valence-electron chi connectivity index (χ3n) is 3.99. The van der Waals surface area contributed by atoms with Gasteiger partial charge in [0.05, 0.1) is 12.3 Å². The van der Waals surface area contributed by atoms with E-state index >= 15 is 0 Å². The van der Waals surface area contributed by atoms with E-state index in [2.05, 4.69) is 15.3 Å². The van der Waals surface area contributed by atoms with Crippen LogP contribution in [0.4, 0.5) is 0 Å². The van der Waals surface area contributed by atoms with Gasteiger partial charge in [-0.25, -0.2) is 9.78 Å². The summed E-state index contributed by atoms with van der Waals surface area (Å²) in [5.74, 6) is -0.510. The zero-order valence-corrected chi connectivity index (χ0v) is 14.6. The Morgan fingerprint density at radius 3 is 2.76 bits per heavy atom. The smallest absolute Gasteiger partial charge is 0.331 e. The molecule has 1 aromatic carbocycles. The van der Waals surface area contributed by atoms with Gasteiger partial charge in [-0.05, 0) is 45.4 Å². The summed E-state index contributed by atoms with van der Waals surface area (Å²) in [6, 6.07) is 7.63. The van der Waals surface area contributed by atoms with Gasteiger partial charge in [-0.3, -0.25) is 9.36 Å². The monoisotopic (exact) mass is 341 g/mol. The number of carbonyl (C=O) groups is 1. The number of carbonyl (C=O) groups excluding carboxylic acids is 1. The summed E-state index contributed by atoms with van der Waals surface area (Å²) in [5.41, 5.74) is 0.617. The van der Waals surface area contributed by atoms with Crippen molar-refractivity contribution in [1.29, 1.82) is 0 Å². The zero-order chi connectivity index (χ0) is 18.2. The Balaban J connectivity index is 2.14. The van der Waals surface area contributed by atoms with Gasteiger partial charge in [-0.2, -0.15) is 4.68 Å². The summed E-state index contributed by atoms with van der Waals surface area (Å²) >= 11 is 0. The molecule has 0 saturated carbocycles. The van der Waals surface area contributed by atoms with Crippen molar-refractivity contribution in [1.82, 2.24) is 24.5 Å². The molecular formula is C17H19N5O3. The quantitative estimate of drug-likeness (QED) is 0.669. The fraction of sp³-hybridized carbons (Fsp3) is 0.353. The summed E-state index contributed by atoms with van der Waals surface area (Å²) in [6.07, 6.45) is 1.33. The van der Waals surface area contributed by atoms with E-state index in [0.717, 1.165) is 11.3 Å². The third kappa shape index (κ3) is 2.79. The maximum Gasteiger partial charge on any atom is 0.331 e. The first-order valence-electron chi connectivity index (χ1n) is 7.94. The van der Waals surface area contributed by atoms with Gasteiger partial charge in [0.2, 0.25) is 0 Å². The van der Waals surface area contributed by atoms with Crippen LogP contribution < -0.4 is 5.56 Å². The third-order valence-corrected chi connectivity index (χ3v) is 3.99. The van der Waals surface area contributed by atoms with Gasteiger partial charge in [0.15, 0.2) is 11.2 Å². The maximum atomic E-state index is 12.8. The van der Waals surface area contributed by atoms with Crippen molar-refractivity contribution in [3.63, 3.8) is 0 Å². The van der Waals surface area contributed by atoms with Crippen LogP contribution >= 0.6 is 0 Å². The predicted molar refractivity (Wildman–Crippen MR) is 91.6 cm³/mol. The van der Waals surface area contributed by atoms with Crippen LogP contribution in [0.15, 0.2) is 35.4 Å². The molecule has 0 aliphatic carbocycles. The molecule has 0 amide bonds. The van der Waals surface area contributed by atoms with Gasteiger partial charge in [-0.1, -0.05) is 17.3 Å². The SMILES string of the molecule is CCOC(=O)C(C)(C)n1cnc2c(nnn2-c2cccc(C)c2)c1=O. The molecule has 0 aliphatic rings. The van der Waals surface area contributed by atoms with E-state index < -0.39 is 17.1 Å². The molecule has 25 heavy (non-hydrogen) atoms.